The van der Waals surface area contributed by atoms with Gasteiger partial charge in [0.15, 0.2) is 17.4 Å². The van der Waals surface area contributed by atoms with E-state index in [4.69, 9.17) is 10.5 Å². The molecule has 0 aliphatic heterocycles. The van der Waals surface area contributed by atoms with Gasteiger partial charge in [0, 0.05) is 5.56 Å². The molecule has 88 valence electrons. The van der Waals surface area contributed by atoms with Gasteiger partial charge in [-0.2, -0.15) is 0 Å². The van der Waals surface area contributed by atoms with Crippen LogP contribution in [0.25, 0.3) is 11.4 Å². The highest BCUT2D eigenvalue weighted by Gasteiger charge is 2.08. The SMILES string of the molecule is COc1cnc(-c2ccc(Br)c(F)c2)nc1N. The fourth-order valence-corrected chi connectivity index (χ4v) is 1.56. The minimum Gasteiger partial charge on any atom is -0.491 e. The van der Waals surface area contributed by atoms with Gasteiger partial charge in [-0.3, -0.25) is 0 Å². The molecule has 0 aliphatic rings. The molecule has 2 rings (SSSR count). The first-order chi connectivity index (χ1) is 8.11. The third-order valence-corrected chi connectivity index (χ3v) is 2.82. The molecule has 2 N–H and O–H groups in total. The third kappa shape index (κ3) is 2.36. The van der Waals surface area contributed by atoms with Crippen LogP contribution in [0.3, 0.4) is 0 Å². The van der Waals surface area contributed by atoms with E-state index in [9.17, 15) is 4.39 Å². The van der Waals surface area contributed by atoms with Gasteiger partial charge >= 0.3 is 0 Å². The maximum absolute atomic E-state index is 13.4. The van der Waals surface area contributed by atoms with Gasteiger partial charge in [0.1, 0.15) is 5.82 Å². The summed E-state index contributed by atoms with van der Waals surface area (Å²) in [4.78, 5) is 8.10. The smallest absolute Gasteiger partial charge is 0.179 e. The average Bonchev–Trinajstić information content (AvgIpc) is 2.32. The van der Waals surface area contributed by atoms with Crippen molar-refractivity contribution >= 4 is 21.7 Å². The van der Waals surface area contributed by atoms with Crippen LogP contribution in [0.5, 0.6) is 5.75 Å². The predicted octanol–water partition coefficient (Wildman–Crippen LogP) is 2.64. The Hall–Kier alpha value is -1.69. The predicted molar refractivity (Wildman–Crippen MR) is 66.1 cm³/mol. The summed E-state index contributed by atoms with van der Waals surface area (Å²) in [5.74, 6) is 0.599. The van der Waals surface area contributed by atoms with E-state index >= 15 is 0 Å². The van der Waals surface area contributed by atoms with Crippen molar-refractivity contribution in [2.24, 2.45) is 0 Å². The van der Waals surface area contributed by atoms with E-state index < -0.39 is 0 Å². The van der Waals surface area contributed by atoms with Gasteiger partial charge in [-0.25, -0.2) is 14.4 Å². The molecule has 0 radical (unpaired) electrons. The summed E-state index contributed by atoms with van der Waals surface area (Å²) in [6.07, 6.45) is 1.46. The summed E-state index contributed by atoms with van der Waals surface area (Å²) in [5, 5.41) is 0. The molecule has 2 aromatic rings. The summed E-state index contributed by atoms with van der Waals surface area (Å²) in [5.41, 5.74) is 6.21. The highest BCUT2D eigenvalue weighted by atomic mass is 79.9. The van der Waals surface area contributed by atoms with E-state index in [2.05, 4.69) is 25.9 Å². The number of rotatable bonds is 2. The van der Waals surface area contributed by atoms with Crippen molar-refractivity contribution in [1.82, 2.24) is 9.97 Å². The lowest BCUT2D eigenvalue weighted by Gasteiger charge is -2.05. The zero-order valence-electron chi connectivity index (χ0n) is 8.95. The number of benzene rings is 1. The Bertz CT molecular complexity index is 562. The monoisotopic (exact) mass is 297 g/mol. The van der Waals surface area contributed by atoms with Crippen LogP contribution >= 0.6 is 15.9 Å². The minimum absolute atomic E-state index is 0.223. The molecule has 1 aromatic carbocycles. The number of nitrogen functional groups attached to an aromatic ring is 1. The highest BCUT2D eigenvalue weighted by Crippen LogP contribution is 2.25. The summed E-state index contributed by atoms with van der Waals surface area (Å²) >= 11 is 3.08. The number of aromatic nitrogens is 2. The first-order valence-corrected chi connectivity index (χ1v) is 5.53. The lowest BCUT2D eigenvalue weighted by atomic mass is 10.2. The molecular weight excluding hydrogens is 289 g/mol. The third-order valence-electron chi connectivity index (χ3n) is 2.18. The zero-order chi connectivity index (χ0) is 12.4. The van der Waals surface area contributed by atoms with Gasteiger partial charge in [0.25, 0.3) is 0 Å². The van der Waals surface area contributed by atoms with Crippen molar-refractivity contribution in [2.45, 2.75) is 0 Å². The number of nitrogens with two attached hydrogens (primary N) is 1. The van der Waals surface area contributed by atoms with Crippen LogP contribution < -0.4 is 10.5 Å². The highest BCUT2D eigenvalue weighted by molar-refractivity contribution is 9.10. The first-order valence-electron chi connectivity index (χ1n) is 4.73. The van der Waals surface area contributed by atoms with Crippen molar-refractivity contribution in [1.29, 1.82) is 0 Å². The van der Waals surface area contributed by atoms with E-state index in [-0.39, 0.29) is 11.6 Å². The summed E-state index contributed by atoms with van der Waals surface area (Å²) < 4.78 is 18.7. The van der Waals surface area contributed by atoms with Gasteiger partial charge in [0.2, 0.25) is 0 Å². The molecule has 0 atom stereocenters. The summed E-state index contributed by atoms with van der Waals surface area (Å²) in [6, 6.07) is 4.63. The number of halogens is 2. The lowest BCUT2D eigenvalue weighted by molar-refractivity contribution is 0.413. The maximum atomic E-state index is 13.4. The fourth-order valence-electron chi connectivity index (χ4n) is 1.32. The summed E-state index contributed by atoms with van der Waals surface area (Å²) in [7, 11) is 1.48. The molecule has 0 amide bonds. The zero-order valence-corrected chi connectivity index (χ0v) is 10.5. The molecule has 0 unspecified atom stereocenters. The van der Waals surface area contributed by atoms with E-state index in [1.807, 2.05) is 0 Å². The van der Waals surface area contributed by atoms with Crippen molar-refractivity contribution in [2.75, 3.05) is 12.8 Å². The van der Waals surface area contributed by atoms with E-state index in [1.165, 1.54) is 19.4 Å². The second-order valence-corrected chi connectivity index (χ2v) is 4.13. The van der Waals surface area contributed by atoms with Gasteiger partial charge < -0.3 is 10.5 Å². The van der Waals surface area contributed by atoms with Crippen LogP contribution in [0, 0.1) is 5.82 Å². The maximum Gasteiger partial charge on any atom is 0.179 e. The quantitative estimate of drug-likeness (QED) is 0.926. The van der Waals surface area contributed by atoms with Gasteiger partial charge in [-0.15, -0.1) is 0 Å². The van der Waals surface area contributed by atoms with Crippen molar-refractivity contribution in [3.05, 3.63) is 34.7 Å². The van der Waals surface area contributed by atoms with Crippen LogP contribution in [0.15, 0.2) is 28.9 Å². The normalized spacial score (nSPS) is 10.3. The van der Waals surface area contributed by atoms with Crippen LogP contribution in [0.1, 0.15) is 0 Å². The van der Waals surface area contributed by atoms with E-state index in [1.54, 1.807) is 12.1 Å². The molecule has 0 aliphatic carbocycles. The number of ether oxygens (including phenoxy) is 1. The molecule has 0 saturated heterocycles. The van der Waals surface area contributed by atoms with Crippen molar-refractivity contribution < 1.29 is 9.13 Å². The molecule has 0 spiro atoms. The number of hydrogen-bond acceptors (Lipinski definition) is 4. The molecule has 4 nitrogen and oxygen atoms in total. The van der Waals surface area contributed by atoms with Gasteiger partial charge in [-0.1, -0.05) is 0 Å². The number of nitrogens with zero attached hydrogens (tertiary/aromatic N) is 2. The van der Waals surface area contributed by atoms with Crippen LogP contribution in [0.4, 0.5) is 10.2 Å². The summed E-state index contributed by atoms with van der Waals surface area (Å²) in [6.45, 7) is 0. The molecule has 1 aromatic heterocycles. The number of hydrogen-bond donors (Lipinski definition) is 1. The molecule has 1 heterocycles. The van der Waals surface area contributed by atoms with E-state index in [0.29, 0.717) is 21.6 Å². The molecular formula is C11H9BrFN3O. The van der Waals surface area contributed by atoms with Crippen molar-refractivity contribution in [3.8, 4) is 17.1 Å². The van der Waals surface area contributed by atoms with Crippen LogP contribution in [-0.4, -0.2) is 17.1 Å². The Labute approximate surface area is 106 Å². The number of methoxy groups -OCH3 is 1. The second kappa shape index (κ2) is 4.67. The Balaban J connectivity index is 2.46. The second-order valence-electron chi connectivity index (χ2n) is 3.28. The topological polar surface area (TPSA) is 61.0 Å². The molecule has 6 heteroatoms. The van der Waals surface area contributed by atoms with E-state index in [0.717, 1.165) is 0 Å². The van der Waals surface area contributed by atoms with Gasteiger partial charge in [0.05, 0.1) is 17.8 Å². The standard InChI is InChI=1S/C11H9BrFN3O/c1-17-9-5-15-11(16-10(9)14)6-2-3-7(12)8(13)4-6/h2-5H,1H3,(H2,14,15,16). The van der Waals surface area contributed by atoms with Gasteiger partial charge in [-0.05, 0) is 34.1 Å². The Kier molecular flexibility index (Phi) is 3.23. The van der Waals surface area contributed by atoms with Crippen LogP contribution in [0.2, 0.25) is 0 Å². The Morgan fingerprint density at radius 2 is 2.18 bits per heavy atom. The van der Waals surface area contributed by atoms with Crippen LogP contribution in [-0.2, 0) is 0 Å². The molecule has 0 fully saturated rings. The van der Waals surface area contributed by atoms with Crippen molar-refractivity contribution in [3.63, 3.8) is 0 Å². The Morgan fingerprint density at radius 1 is 1.41 bits per heavy atom. The first kappa shape index (κ1) is 11.8. The lowest BCUT2D eigenvalue weighted by Crippen LogP contribution is -1.99. The molecule has 17 heavy (non-hydrogen) atoms. The molecule has 0 bridgehead atoms. The fraction of sp³-hybridized carbons (Fsp3) is 0.0909. The molecule has 0 saturated carbocycles. The largest absolute Gasteiger partial charge is 0.491 e. The Morgan fingerprint density at radius 3 is 2.76 bits per heavy atom. The number of anilines is 1. The average molecular weight is 298 g/mol. The minimum atomic E-state index is -0.375.